The molecule has 2 aromatic carbocycles. The number of ether oxygens (including phenoxy) is 2. The smallest absolute Gasteiger partial charge is 0.227 e. The zero-order chi connectivity index (χ0) is 18.7. The molecule has 1 saturated heterocycles. The first-order valence-corrected chi connectivity index (χ1v) is 9.77. The number of benzene rings is 2. The van der Waals surface area contributed by atoms with E-state index in [2.05, 4.69) is 0 Å². The Morgan fingerprint density at radius 2 is 1.46 bits per heavy atom. The SMILES string of the molecule is COc1ccc(CC(=O)N2CC(S(=O)(=O)c3ccc(OC)cc3)C2)cc1. The molecule has 138 valence electrons. The largest absolute Gasteiger partial charge is 0.497 e. The third kappa shape index (κ3) is 3.67. The van der Waals surface area contributed by atoms with Gasteiger partial charge in [0.2, 0.25) is 5.91 Å². The van der Waals surface area contributed by atoms with Crippen molar-refractivity contribution in [3.8, 4) is 11.5 Å². The standard InChI is InChI=1S/C19H21NO5S/c1-24-15-5-3-14(4-6-15)11-19(21)20-12-18(13-20)26(22,23)17-9-7-16(25-2)8-10-17/h3-10,18H,11-13H2,1-2H3. The summed E-state index contributed by atoms with van der Waals surface area (Å²) in [4.78, 5) is 14.2. The van der Waals surface area contributed by atoms with Crippen molar-refractivity contribution in [2.45, 2.75) is 16.6 Å². The fourth-order valence-corrected chi connectivity index (χ4v) is 4.48. The summed E-state index contributed by atoms with van der Waals surface area (Å²) in [5, 5.41) is -0.560. The summed E-state index contributed by atoms with van der Waals surface area (Å²) < 4.78 is 35.4. The van der Waals surface area contributed by atoms with E-state index in [4.69, 9.17) is 9.47 Å². The van der Waals surface area contributed by atoms with Gasteiger partial charge in [-0.1, -0.05) is 12.1 Å². The second kappa shape index (κ2) is 7.37. The second-order valence-electron chi connectivity index (χ2n) is 6.17. The molecule has 0 aromatic heterocycles. The van der Waals surface area contributed by atoms with Gasteiger partial charge in [0.15, 0.2) is 9.84 Å². The highest BCUT2D eigenvalue weighted by atomic mass is 32.2. The van der Waals surface area contributed by atoms with Crippen LogP contribution >= 0.6 is 0 Å². The van der Waals surface area contributed by atoms with Gasteiger partial charge in [-0.05, 0) is 42.0 Å². The summed E-state index contributed by atoms with van der Waals surface area (Å²) in [5.74, 6) is 1.26. The van der Waals surface area contributed by atoms with Crippen molar-refractivity contribution >= 4 is 15.7 Å². The number of amides is 1. The molecule has 0 bridgehead atoms. The average Bonchev–Trinajstić information content (AvgIpc) is 2.61. The molecule has 0 unspecified atom stereocenters. The van der Waals surface area contributed by atoms with Gasteiger partial charge in [0.05, 0.1) is 25.5 Å². The summed E-state index contributed by atoms with van der Waals surface area (Å²) in [7, 11) is -0.325. The molecular weight excluding hydrogens is 354 g/mol. The zero-order valence-corrected chi connectivity index (χ0v) is 15.5. The molecule has 0 radical (unpaired) electrons. The Morgan fingerprint density at radius 1 is 0.962 bits per heavy atom. The lowest BCUT2D eigenvalue weighted by Crippen LogP contribution is -2.57. The number of likely N-dealkylation sites (tertiary alicyclic amines) is 1. The third-order valence-corrected chi connectivity index (χ3v) is 6.65. The zero-order valence-electron chi connectivity index (χ0n) is 14.7. The van der Waals surface area contributed by atoms with Crippen LogP contribution in [0.3, 0.4) is 0 Å². The average molecular weight is 375 g/mol. The molecule has 0 saturated carbocycles. The van der Waals surface area contributed by atoms with E-state index < -0.39 is 15.1 Å². The molecule has 1 amide bonds. The maximum atomic E-state index is 12.6. The van der Waals surface area contributed by atoms with E-state index in [9.17, 15) is 13.2 Å². The predicted octanol–water partition coefficient (Wildman–Crippen LogP) is 1.93. The monoisotopic (exact) mass is 375 g/mol. The van der Waals surface area contributed by atoms with Crippen molar-refractivity contribution < 1.29 is 22.7 Å². The summed E-state index contributed by atoms with van der Waals surface area (Å²) >= 11 is 0. The fraction of sp³-hybridized carbons (Fsp3) is 0.316. The molecule has 0 spiro atoms. The minimum absolute atomic E-state index is 0.0728. The molecule has 3 rings (SSSR count). The highest BCUT2D eigenvalue weighted by Gasteiger charge is 2.40. The molecule has 1 aliphatic rings. The van der Waals surface area contributed by atoms with Crippen LogP contribution in [0.2, 0.25) is 0 Å². The van der Waals surface area contributed by atoms with E-state index in [1.165, 1.54) is 19.2 Å². The lowest BCUT2D eigenvalue weighted by Gasteiger charge is -2.38. The number of methoxy groups -OCH3 is 2. The van der Waals surface area contributed by atoms with Gasteiger partial charge in [0.25, 0.3) is 0 Å². The molecule has 26 heavy (non-hydrogen) atoms. The van der Waals surface area contributed by atoms with Crippen LogP contribution < -0.4 is 9.47 Å². The van der Waals surface area contributed by atoms with Crippen molar-refractivity contribution in [1.82, 2.24) is 4.90 Å². The first kappa shape index (κ1) is 18.3. The van der Waals surface area contributed by atoms with Gasteiger partial charge in [-0.25, -0.2) is 8.42 Å². The van der Waals surface area contributed by atoms with Crippen LogP contribution in [0.15, 0.2) is 53.4 Å². The molecule has 0 N–H and O–H groups in total. The second-order valence-corrected chi connectivity index (χ2v) is 8.39. The summed E-state index contributed by atoms with van der Waals surface area (Å²) in [5.41, 5.74) is 0.872. The van der Waals surface area contributed by atoms with Gasteiger partial charge in [-0.2, -0.15) is 0 Å². The lowest BCUT2D eigenvalue weighted by atomic mass is 10.1. The fourth-order valence-electron chi connectivity index (χ4n) is 2.83. The minimum Gasteiger partial charge on any atom is -0.497 e. The molecular formula is C19H21NO5S. The Hall–Kier alpha value is -2.54. The van der Waals surface area contributed by atoms with E-state index in [-0.39, 0.29) is 30.3 Å². The topological polar surface area (TPSA) is 72.9 Å². The summed E-state index contributed by atoms with van der Waals surface area (Å²) in [6.07, 6.45) is 0.249. The lowest BCUT2D eigenvalue weighted by molar-refractivity contribution is -0.133. The first-order chi connectivity index (χ1) is 12.4. The number of nitrogens with zero attached hydrogens (tertiary/aromatic N) is 1. The van der Waals surface area contributed by atoms with Gasteiger partial charge < -0.3 is 14.4 Å². The number of sulfone groups is 1. The highest BCUT2D eigenvalue weighted by Crippen LogP contribution is 2.26. The van der Waals surface area contributed by atoms with E-state index in [0.29, 0.717) is 5.75 Å². The first-order valence-electron chi connectivity index (χ1n) is 8.22. The Morgan fingerprint density at radius 3 is 1.96 bits per heavy atom. The van der Waals surface area contributed by atoms with Crippen molar-refractivity contribution in [2.75, 3.05) is 27.3 Å². The van der Waals surface area contributed by atoms with Crippen LogP contribution in [0.5, 0.6) is 11.5 Å². The van der Waals surface area contributed by atoms with Gasteiger partial charge in [0, 0.05) is 13.1 Å². The predicted molar refractivity (Wildman–Crippen MR) is 97.2 cm³/mol. The molecule has 0 aliphatic carbocycles. The maximum absolute atomic E-state index is 12.6. The van der Waals surface area contributed by atoms with Gasteiger partial charge in [-0.3, -0.25) is 4.79 Å². The van der Waals surface area contributed by atoms with E-state index >= 15 is 0 Å². The quantitative estimate of drug-likeness (QED) is 0.771. The normalized spacial score (nSPS) is 14.6. The molecule has 0 atom stereocenters. The van der Waals surface area contributed by atoms with Gasteiger partial charge in [0.1, 0.15) is 16.7 Å². The van der Waals surface area contributed by atoms with Crippen LogP contribution in [0.25, 0.3) is 0 Å². The van der Waals surface area contributed by atoms with E-state index in [1.807, 2.05) is 12.1 Å². The number of hydrogen-bond donors (Lipinski definition) is 0. The molecule has 7 heteroatoms. The Labute approximate surface area is 153 Å². The van der Waals surface area contributed by atoms with Crippen LogP contribution in [0.1, 0.15) is 5.56 Å². The highest BCUT2D eigenvalue weighted by molar-refractivity contribution is 7.92. The number of carbonyl (C=O) groups excluding carboxylic acids is 1. The number of hydrogen-bond acceptors (Lipinski definition) is 5. The van der Waals surface area contributed by atoms with Crippen molar-refractivity contribution in [2.24, 2.45) is 0 Å². The molecule has 1 fully saturated rings. The summed E-state index contributed by atoms with van der Waals surface area (Å²) in [6, 6.07) is 13.6. The number of carbonyl (C=O) groups is 1. The molecule has 1 aliphatic heterocycles. The van der Waals surface area contributed by atoms with Crippen LogP contribution in [0, 0.1) is 0 Å². The summed E-state index contributed by atoms with van der Waals surface area (Å²) in [6.45, 7) is 0.451. The Kier molecular flexibility index (Phi) is 5.18. The third-order valence-electron chi connectivity index (χ3n) is 4.54. The van der Waals surface area contributed by atoms with Crippen molar-refractivity contribution in [3.63, 3.8) is 0 Å². The minimum atomic E-state index is -3.44. The van der Waals surface area contributed by atoms with E-state index in [1.54, 1.807) is 36.3 Å². The Balaban J connectivity index is 1.58. The van der Waals surface area contributed by atoms with Gasteiger partial charge in [-0.15, -0.1) is 0 Å². The molecule has 6 nitrogen and oxygen atoms in total. The van der Waals surface area contributed by atoms with Gasteiger partial charge >= 0.3 is 0 Å². The molecule has 2 aromatic rings. The van der Waals surface area contributed by atoms with E-state index in [0.717, 1.165) is 11.3 Å². The van der Waals surface area contributed by atoms with Crippen molar-refractivity contribution in [3.05, 3.63) is 54.1 Å². The Bertz CT molecular complexity index is 869. The van der Waals surface area contributed by atoms with Crippen LogP contribution in [-0.2, 0) is 21.1 Å². The number of rotatable bonds is 6. The van der Waals surface area contributed by atoms with Crippen molar-refractivity contribution in [1.29, 1.82) is 0 Å². The maximum Gasteiger partial charge on any atom is 0.227 e. The molecule has 1 heterocycles. The van der Waals surface area contributed by atoms with Crippen LogP contribution in [-0.4, -0.2) is 51.8 Å². The van der Waals surface area contributed by atoms with Crippen LogP contribution in [0.4, 0.5) is 0 Å².